The molecule has 1 heterocycles. The minimum atomic E-state index is -0.127. The fourth-order valence-corrected chi connectivity index (χ4v) is 2.44. The van der Waals surface area contributed by atoms with Crippen LogP contribution < -0.4 is 10.6 Å². The molecule has 1 aromatic heterocycles. The lowest BCUT2D eigenvalue weighted by atomic mass is 10.1. The fraction of sp³-hybridized carbons (Fsp3) is 0.385. The molecule has 2 aromatic rings. The fourth-order valence-electron chi connectivity index (χ4n) is 1.55. The van der Waals surface area contributed by atoms with Gasteiger partial charge in [-0.1, -0.05) is 11.6 Å². The monoisotopic (exact) mass is 297 g/mol. The zero-order valence-electron chi connectivity index (χ0n) is 11.1. The summed E-state index contributed by atoms with van der Waals surface area (Å²) >= 11 is 7.64. The summed E-state index contributed by atoms with van der Waals surface area (Å²) in [6.07, 6.45) is 0. The van der Waals surface area contributed by atoms with E-state index in [2.05, 4.69) is 15.6 Å². The van der Waals surface area contributed by atoms with Crippen LogP contribution in [0.3, 0.4) is 0 Å². The van der Waals surface area contributed by atoms with E-state index in [-0.39, 0.29) is 18.0 Å². The minimum absolute atomic E-state index is 0.103. The predicted octanol–water partition coefficient (Wildman–Crippen LogP) is 3.28. The lowest BCUT2D eigenvalue weighted by Gasteiger charge is -2.20. The van der Waals surface area contributed by atoms with Gasteiger partial charge in [-0.3, -0.25) is 4.79 Å². The molecular formula is C13H16ClN3OS. The molecule has 0 fully saturated rings. The topological polar surface area (TPSA) is 54.0 Å². The molecule has 2 rings (SSSR count). The van der Waals surface area contributed by atoms with Crippen LogP contribution >= 0.6 is 22.9 Å². The zero-order chi connectivity index (χ0) is 14.0. The van der Waals surface area contributed by atoms with Crippen LogP contribution in [-0.4, -0.2) is 23.0 Å². The molecule has 1 amide bonds. The van der Waals surface area contributed by atoms with Crippen molar-refractivity contribution < 1.29 is 4.79 Å². The van der Waals surface area contributed by atoms with Crippen molar-refractivity contribution >= 4 is 44.7 Å². The molecule has 0 radical (unpaired) electrons. The molecule has 0 atom stereocenters. The Labute approximate surface area is 121 Å². The lowest BCUT2D eigenvalue weighted by molar-refractivity contribution is -0.115. The minimum Gasteiger partial charge on any atom is -0.322 e. The second kappa shape index (κ2) is 5.45. The van der Waals surface area contributed by atoms with Gasteiger partial charge in [0.2, 0.25) is 5.91 Å². The molecular weight excluding hydrogens is 282 g/mol. The molecule has 1 aromatic carbocycles. The van der Waals surface area contributed by atoms with E-state index in [4.69, 9.17) is 11.6 Å². The van der Waals surface area contributed by atoms with Gasteiger partial charge >= 0.3 is 0 Å². The van der Waals surface area contributed by atoms with Gasteiger partial charge in [-0.2, -0.15) is 0 Å². The van der Waals surface area contributed by atoms with Gasteiger partial charge < -0.3 is 10.6 Å². The van der Waals surface area contributed by atoms with Crippen LogP contribution in [0, 0.1) is 0 Å². The number of hydrogen-bond acceptors (Lipinski definition) is 4. The molecule has 0 unspecified atom stereocenters. The number of carbonyl (C=O) groups is 1. The van der Waals surface area contributed by atoms with Crippen LogP contribution in [0.4, 0.5) is 5.69 Å². The number of fused-ring (bicyclic) bond motifs is 1. The van der Waals surface area contributed by atoms with Crippen molar-refractivity contribution in [1.29, 1.82) is 0 Å². The molecule has 19 heavy (non-hydrogen) atoms. The van der Waals surface area contributed by atoms with Gasteiger partial charge in [0, 0.05) is 5.54 Å². The number of aromatic nitrogens is 1. The van der Waals surface area contributed by atoms with Crippen molar-refractivity contribution in [3.05, 3.63) is 22.7 Å². The maximum absolute atomic E-state index is 11.9. The van der Waals surface area contributed by atoms with Gasteiger partial charge in [0.25, 0.3) is 0 Å². The third-order valence-corrected chi connectivity index (χ3v) is 3.60. The van der Waals surface area contributed by atoms with Crippen LogP contribution in [-0.2, 0) is 4.79 Å². The normalized spacial score (nSPS) is 11.8. The van der Waals surface area contributed by atoms with E-state index in [0.29, 0.717) is 10.7 Å². The molecule has 0 spiro atoms. The molecule has 0 aliphatic heterocycles. The summed E-state index contributed by atoms with van der Waals surface area (Å²) < 4.78 is 1.00. The van der Waals surface area contributed by atoms with E-state index in [9.17, 15) is 4.79 Å². The van der Waals surface area contributed by atoms with Crippen LogP contribution in [0.2, 0.25) is 5.02 Å². The second-order valence-electron chi connectivity index (χ2n) is 5.27. The number of halogens is 1. The zero-order valence-corrected chi connectivity index (χ0v) is 12.7. The first-order chi connectivity index (χ1) is 8.87. The smallest absolute Gasteiger partial charge is 0.238 e. The highest BCUT2D eigenvalue weighted by Gasteiger charge is 2.14. The number of nitrogens with one attached hydrogen (secondary N) is 2. The van der Waals surface area contributed by atoms with Crippen LogP contribution in [0.15, 0.2) is 17.6 Å². The average Bonchev–Trinajstić information content (AvgIpc) is 2.78. The van der Waals surface area contributed by atoms with Crippen LogP contribution in [0.5, 0.6) is 0 Å². The van der Waals surface area contributed by atoms with Crippen molar-refractivity contribution in [1.82, 2.24) is 10.3 Å². The van der Waals surface area contributed by atoms with Gasteiger partial charge in [-0.25, -0.2) is 4.98 Å². The van der Waals surface area contributed by atoms with E-state index in [1.807, 2.05) is 26.8 Å². The number of rotatable bonds is 3. The molecule has 6 heteroatoms. The predicted molar refractivity (Wildman–Crippen MR) is 81.0 cm³/mol. The summed E-state index contributed by atoms with van der Waals surface area (Å²) in [5.74, 6) is -0.127. The van der Waals surface area contributed by atoms with Gasteiger partial charge in [-0.05, 0) is 32.9 Å². The number of nitrogens with zero attached hydrogens (tertiary/aromatic N) is 1. The molecule has 2 N–H and O–H groups in total. The van der Waals surface area contributed by atoms with Crippen molar-refractivity contribution in [2.75, 3.05) is 11.9 Å². The Hall–Kier alpha value is -1.17. The second-order valence-corrected chi connectivity index (χ2v) is 6.57. The average molecular weight is 298 g/mol. The third kappa shape index (κ3) is 3.65. The number of benzene rings is 1. The highest BCUT2D eigenvalue weighted by atomic mass is 35.5. The molecule has 0 saturated heterocycles. The Morgan fingerprint density at radius 2 is 2.16 bits per heavy atom. The maximum Gasteiger partial charge on any atom is 0.238 e. The number of amides is 1. The van der Waals surface area contributed by atoms with Crippen LogP contribution in [0.25, 0.3) is 10.2 Å². The highest BCUT2D eigenvalue weighted by Crippen LogP contribution is 2.32. The van der Waals surface area contributed by atoms with E-state index in [1.54, 1.807) is 11.6 Å². The van der Waals surface area contributed by atoms with Crippen molar-refractivity contribution in [2.45, 2.75) is 26.3 Å². The Balaban J connectivity index is 2.15. The van der Waals surface area contributed by atoms with Gasteiger partial charge in [-0.15, -0.1) is 11.3 Å². The quantitative estimate of drug-likeness (QED) is 0.914. The number of thiazole rings is 1. The Morgan fingerprint density at radius 1 is 1.42 bits per heavy atom. The largest absolute Gasteiger partial charge is 0.322 e. The first kappa shape index (κ1) is 14.2. The molecule has 102 valence electrons. The van der Waals surface area contributed by atoms with E-state index < -0.39 is 0 Å². The summed E-state index contributed by atoms with van der Waals surface area (Å²) in [6.45, 7) is 6.26. The standard InChI is InChI=1S/C13H16ClN3OS/c1-13(2,3)16-6-10(18)17-11-8(14)4-5-9-12(11)15-7-19-9/h4-5,7,16H,6H2,1-3H3,(H,17,18). The summed E-state index contributed by atoms with van der Waals surface area (Å²) in [5, 5.41) is 6.46. The van der Waals surface area contributed by atoms with Crippen molar-refractivity contribution in [3.63, 3.8) is 0 Å². The van der Waals surface area contributed by atoms with Gasteiger partial charge in [0.15, 0.2) is 0 Å². The number of carbonyl (C=O) groups excluding carboxylic acids is 1. The van der Waals surface area contributed by atoms with Crippen molar-refractivity contribution in [2.24, 2.45) is 0 Å². The molecule has 0 saturated carbocycles. The number of hydrogen-bond donors (Lipinski definition) is 2. The summed E-state index contributed by atoms with van der Waals surface area (Å²) in [4.78, 5) is 16.2. The molecule has 0 aliphatic carbocycles. The highest BCUT2D eigenvalue weighted by molar-refractivity contribution is 7.16. The van der Waals surface area contributed by atoms with Gasteiger partial charge in [0.1, 0.15) is 5.52 Å². The Bertz CT molecular complexity index is 603. The first-order valence-electron chi connectivity index (χ1n) is 5.93. The molecule has 4 nitrogen and oxygen atoms in total. The summed E-state index contributed by atoms with van der Waals surface area (Å²) in [7, 11) is 0. The first-order valence-corrected chi connectivity index (χ1v) is 7.19. The van der Waals surface area contributed by atoms with E-state index >= 15 is 0 Å². The Morgan fingerprint density at radius 3 is 2.84 bits per heavy atom. The Kier molecular flexibility index (Phi) is 4.08. The molecule has 0 aliphatic rings. The van der Waals surface area contributed by atoms with Gasteiger partial charge in [0.05, 0.1) is 27.5 Å². The lowest BCUT2D eigenvalue weighted by Crippen LogP contribution is -2.41. The molecule has 0 bridgehead atoms. The van der Waals surface area contributed by atoms with Crippen molar-refractivity contribution in [3.8, 4) is 0 Å². The summed E-state index contributed by atoms with van der Waals surface area (Å²) in [5.41, 5.74) is 2.96. The van der Waals surface area contributed by atoms with Crippen LogP contribution in [0.1, 0.15) is 20.8 Å². The SMILES string of the molecule is CC(C)(C)NCC(=O)Nc1c(Cl)ccc2scnc12. The van der Waals surface area contributed by atoms with E-state index in [0.717, 1.165) is 10.2 Å². The maximum atomic E-state index is 11.9. The summed E-state index contributed by atoms with van der Waals surface area (Å²) in [6, 6.07) is 3.67. The van der Waals surface area contributed by atoms with E-state index in [1.165, 1.54) is 11.3 Å². The number of anilines is 1. The third-order valence-electron chi connectivity index (χ3n) is 2.50.